The second kappa shape index (κ2) is 11.6. The van der Waals surface area contributed by atoms with Crippen molar-refractivity contribution in [2.45, 2.75) is 19.3 Å². The van der Waals surface area contributed by atoms with E-state index in [2.05, 4.69) is 110 Å². The van der Waals surface area contributed by atoms with Crippen LogP contribution in [0.2, 0.25) is 0 Å². The molecule has 0 bridgehead atoms. The topological polar surface area (TPSA) is 55.8 Å². The summed E-state index contributed by atoms with van der Waals surface area (Å²) in [5, 5.41) is 3.16. The minimum absolute atomic E-state index is 0.0669. The number of fused-ring (bicyclic) bond motifs is 9. The van der Waals surface area contributed by atoms with Crippen molar-refractivity contribution < 1.29 is 13.6 Å². The molecule has 57 heavy (non-hydrogen) atoms. The quantitative estimate of drug-likeness (QED) is 0.169. The number of nitrogens with zero attached hydrogens (tertiary/aromatic N) is 1. The van der Waals surface area contributed by atoms with Crippen LogP contribution in [0.3, 0.4) is 0 Å². The summed E-state index contributed by atoms with van der Waals surface area (Å²) in [6.07, 6.45) is 0. The normalized spacial score (nSPS) is 13.8. The van der Waals surface area contributed by atoms with Crippen LogP contribution in [0.25, 0.3) is 77.3 Å². The summed E-state index contributed by atoms with van der Waals surface area (Å²) in [5.41, 5.74) is 13.9. The first-order valence-corrected chi connectivity index (χ1v) is 19.3. The average Bonchev–Trinajstić information content (AvgIpc) is 3.64. The summed E-state index contributed by atoms with van der Waals surface area (Å²) < 4.78 is 19.5. The van der Waals surface area contributed by atoms with Gasteiger partial charge in [-0.15, -0.1) is 0 Å². The predicted molar refractivity (Wildman–Crippen MR) is 230 cm³/mol. The molecule has 0 atom stereocenters. The lowest BCUT2D eigenvalue weighted by Crippen LogP contribution is -2.32. The molecule has 10 aromatic rings. The Morgan fingerprint density at radius 2 is 1.07 bits per heavy atom. The van der Waals surface area contributed by atoms with E-state index in [9.17, 15) is 4.79 Å². The molecule has 0 N–H and O–H groups in total. The lowest BCUT2D eigenvalue weighted by molar-refractivity contribution is 0.471. The first kappa shape index (κ1) is 31.9. The van der Waals surface area contributed by atoms with E-state index in [1.165, 1.54) is 11.1 Å². The summed E-state index contributed by atoms with van der Waals surface area (Å²) in [5.74, 6) is 1.69. The number of rotatable bonds is 3. The third-order valence-electron chi connectivity index (χ3n) is 12.1. The molecule has 2 aliphatic heterocycles. The van der Waals surface area contributed by atoms with Gasteiger partial charge in [0.05, 0.1) is 27.8 Å². The molecule has 5 heteroatoms. The molecule has 0 saturated heterocycles. The molecule has 0 radical (unpaired) electrons. The molecule has 270 valence electrons. The van der Waals surface area contributed by atoms with Crippen LogP contribution in [0, 0.1) is 0 Å². The Hall–Kier alpha value is -7.37. The van der Waals surface area contributed by atoms with Crippen molar-refractivity contribution in [1.82, 2.24) is 0 Å². The molecular formula is C52H33NO4. The van der Waals surface area contributed by atoms with Gasteiger partial charge in [-0.05, 0) is 88.0 Å². The Morgan fingerprint density at radius 1 is 0.456 bits per heavy atom. The molecule has 0 spiro atoms. The molecule has 0 unspecified atom stereocenters. The van der Waals surface area contributed by atoms with E-state index in [4.69, 9.17) is 13.6 Å². The number of hydrogen-bond donors (Lipinski definition) is 0. The molecule has 2 aromatic heterocycles. The highest BCUT2D eigenvalue weighted by Gasteiger charge is 2.41. The SMILES string of the molecule is CC1(C)c2cc(-c3ccc4oc5ccc(-c6cccc7c6oc6c(-c8ccccc8)cccc67)cc5c(=O)c4c3)ccc2N2c3ccccc3Oc3cccc1c32. The van der Waals surface area contributed by atoms with Gasteiger partial charge in [0.25, 0.3) is 0 Å². The third-order valence-corrected chi connectivity index (χ3v) is 12.1. The Bertz CT molecular complexity index is 3390. The van der Waals surface area contributed by atoms with Crippen LogP contribution in [0.15, 0.2) is 177 Å². The van der Waals surface area contributed by atoms with E-state index in [0.717, 1.165) is 83.9 Å². The van der Waals surface area contributed by atoms with Crippen molar-refractivity contribution in [2.24, 2.45) is 0 Å². The zero-order chi connectivity index (χ0) is 38.0. The van der Waals surface area contributed by atoms with Gasteiger partial charge in [-0.2, -0.15) is 0 Å². The van der Waals surface area contributed by atoms with Crippen LogP contribution >= 0.6 is 0 Å². The Labute approximate surface area is 327 Å². The number of benzene rings is 8. The maximum absolute atomic E-state index is 14.5. The van der Waals surface area contributed by atoms with Gasteiger partial charge in [0.1, 0.15) is 22.3 Å². The van der Waals surface area contributed by atoms with Crippen LogP contribution in [0.4, 0.5) is 17.1 Å². The van der Waals surface area contributed by atoms with E-state index in [-0.39, 0.29) is 10.8 Å². The molecule has 8 aromatic carbocycles. The van der Waals surface area contributed by atoms with Gasteiger partial charge in [0.15, 0.2) is 11.5 Å². The van der Waals surface area contributed by atoms with Crippen molar-refractivity contribution in [1.29, 1.82) is 0 Å². The van der Waals surface area contributed by atoms with Gasteiger partial charge in [0.2, 0.25) is 5.43 Å². The van der Waals surface area contributed by atoms with Crippen molar-refractivity contribution in [3.8, 4) is 44.9 Å². The number of para-hydroxylation sites is 5. The molecule has 0 saturated carbocycles. The van der Waals surface area contributed by atoms with E-state index < -0.39 is 0 Å². The molecular weight excluding hydrogens is 703 g/mol. The Morgan fingerprint density at radius 3 is 1.84 bits per heavy atom. The van der Waals surface area contributed by atoms with Gasteiger partial charge in [-0.25, -0.2) is 0 Å². The first-order chi connectivity index (χ1) is 27.9. The largest absolute Gasteiger partial charge is 0.456 e. The van der Waals surface area contributed by atoms with E-state index in [1.807, 2.05) is 72.8 Å². The number of furan rings is 1. The maximum Gasteiger partial charge on any atom is 0.200 e. The smallest absolute Gasteiger partial charge is 0.200 e. The minimum atomic E-state index is -0.308. The van der Waals surface area contributed by atoms with E-state index in [1.54, 1.807) is 0 Å². The summed E-state index contributed by atoms with van der Waals surface area (Å²) in [4.78, 5) is 16.8. The monoisotopic (exact) mass is 735 g/mol. The van der Waals surface area contributed by atoms with E-state index in [0.29, 0.717) is 21.9 Å². The summed E-state index contributed by atoms with van der Waals surface area (Å²) >= 11 is 0. The molecule has 0 amide bonds. The fourth-order valence-corrected chi connectivity index (χ4v) is 9.21. The van der Waals surface area contributed by atoms with Crippen molar-refractivity contribution in [3.63, 3.8) is 0 Å². The van der Waals surface area contributed by atoms with Gasteiger partial charge in [0, 0.05) is 27.3 Å². The van der Waals surface area contributed by atoms with Crippen LogP contribution in [0.5, 0.6) is 11.5 Å². The second-order valence-electron chi connectivity index (χ2n) is 15.6. The number of hydrogen-bond acceptors (Lipinski definition) is 5. The van der Waals surface area contributed by atoms with Crippen molar-refractivity contribution >= 4 is 60.9 Å². The number of anilines is 3. The van der Waals surface area contributed by atoms with Gasteiger partial charge in [-0.1, -0.05) is 123 Å². The van der Waals surface area contributed by atoms with Gasteiger partial charge < -0.3 is 18.5 Å². The molecule has 0 aliphatic carbocycles. The third kappa shape index (κ3) is 4.54. The highest BCUT2D eigenvalue weighted by Crippen LogP contribution is 2.60. The van der Waals surface area contributed by atoms with Crippen LogP contribution < -0.4 is 15.1 Å². The molecule has 0 fully saturated rings. The van der Waals surface area contributed by atoms with E-state index >= 15 is 0 Å². The van der Waals surface area contributed by atoms with Crippen molar-refractivity contribution in [2.75, 3.05) is 4.90 Å². The minimum Gasteiger partial charge on any atom is -0.456 e. The average molecular weight is 736 g/mol. The van der Waals surface area contributed by atoms with Gasteiger partial charge >= 0.3 is 0 Å². The zero-order valence-corrected chi connectivity index (χ0v) is 31.2. The molecule has 5 nitrogen and oxygen atoms in total. The van der Waals surface area contributed by atoms with Crippen molar-refractivity contribution in [3.05, 3.63) is 185 Å². The van der Waals surface area contributed by atoms with Gasteiger partial charge in [-0.3, -0.25) is 4.79 Å². The van der Waals surface area contributed by atoms with Crippen LogP contribution in [0.1, 0.15) is 25.0 Å². The fourth-order valence-electron chi connectivity index (χ4n) is 9.21. The predicted octanol–water partition coefficient (Wildman–Crippen LogP) is 14.1. The highest BCUT2D eigenvalue weighted by molar-refractivity contribution is 6.13. The second-order valence-corrected chi connectivity index (χ2v) is 15.6. The molecule has 12 rings (SSSR count). The van der Waals surface area contributed by atoms with Crippen LogP contribution in [-0.4, -0.2) is 0 Å². The Balaban J connectivity index is 0.982. The van der Waals surface area contributed by atoms with Crippen LogP contribution in [-0.2, 0) is 5.41 Å². The number of ether oxygens (including phenoxy) is 1. The summed E-state index contributed by atoms with van der Waals surface area (Å²) in [6, 6.07) is 55.8. The zero-order valence-electron chi connectivity index (χ0n) is 31.2. The lowest BCUT2D eigenvalue weighted by Gasteiger charge is -2.45. The molecule has 2 aliphatic rings. The fraction of sp³-hybridized carbons (Fsp3) is 0.0577. The maximum atomic E-state index is 14.5. The standard InChI is InChI=1S/C52H33NO4/c1-52(2)40-17-10-20-47-48(40)53(43-18-6-7-19-46(43)56-47)42-24-21-32(29-41(42)52)31-22-25-44-38(27-31)49(54)39-28-33(23-26-45(39)55-44)35-14-9-16-37-36-15-8-13-34(50(36)57-51(35)37)30-11-4-3-5-12-30/h3-29H,1-2H3. The summed E-state index contributed by atoms with van der Waals surface area (Å²) in [7, 11) is 0. The molecule has 4 heterocycles. The first-order valence-electron chi connectivity index (χ1n) is 19.3. The summed E-state index contributed by atoms with van der Waals surface area (Å²) in [6.45, 7) is 4.55. The highest BCUT2D eigenvalue weighted by atomic mass is 16.5. The Kier molecular flexibility index (Phi) is 6.48. The lowest BCUT2D eigenvalue weighted by atomic mass is 9.72.